The average molecular weight is 1450 g/mol. The Balaban J connectivity index is 0.00000864. The summed E-state index contributed by atoms with van der Waals surface area (Å²) in [6.45, 7) is 54.2. The van der Waals surface area contributed by atoms with Gasteiger partial charge in [0.05, 0.1) is 6.57 Å². The van der Waals surface area contributed by atoms with Crippen molar-refractivity contribution in [2.75, 3.05) is 9.80 Å². The van der Waals surface area contributed by atoms with E-state index in [1.54, 1.807) is 11.3 Å². The summed E-state index contributed by atoms with van der Waals surface area (Å²) >= 11 is 1.69. The van der Waals surface area contributed by atoms with Gasteiger partial charge in [-0.15, -0.1) is 65.0 Å². The Kier molecular flexibility index (Phi) is 17.2. The molecule has 0 radical (unpaired) electrons. The predicted molar refractivity (Wildman–Crippen MR) is 401 cm³/mol. The monoisotopic (exact) mass is 1450 g/mol. The van der Waals surface area contributed by atoms with Gasteiger partial charge in [0.2, 0.25) is 5.69 Å². The standard InChI is InChI=1S/C87H88N5OS.Pt/c1-52(2)65-26-23-27-66(53(3)4)78(65)56-44-62(49-64(45-56)93-63-34-35-71-76(50-63)92(77-48-57(38-39-89-77)83(5,6)7)75-37-36-70-69-30-25-31-72(88-20)81(69)94-82(70)79(71)75)90-51-91(74-33-22-21-32-73(74)90)80-67(54-40-58(84(8,9)10)46-59(41-54)85(11,12)13)28-24-29-68(80)55-42-60(86(14,15)16)47-61(43-55)87(17,18)19;/h21-48,51-53H,1-19H3;/q-3;. The van der Waals surface area contributed by atoms with E-state index in [0.717, 1.165) is 87.2 Å². The molecule has 0 aliphatic carbocycles. The van der Waals surface area contributed by atoms with E-state index >= 15 is 0 Å². The summed E-state index contributed by atoms with van der Waals surface area (Å²) in [7, 11) is 0. The van der Waals surface area contributed by atoms with E-state index < -0.39 is 0 Å². The molecule has 95 heavy (non-hydrogen) atoms. The molecule has 13 rings (SSSR count). The van der Waals surface area contributed by atoms with E-state index in [1.165, 1.54) is 55.6 Å². The molecule has 0 bridgehead atoms. The van der Waals surface area contributed by atoms with Crippen LogP contribution in [0.3, 0.4) is 0 Å². The number of para-hydroxylation sites is 3. The normalized spacial score (nSPS) is 13.2. The number of hydrogen-bond acceptors (Lipinski definition) is 5. The van der Waals surface area contributed by atoms with Gasteiger partial charge in [0, 0.05) is 81.9 Å². The molecule has 4 heterocycles. The van der Waals surface area contributed by atoms with Gasteiger partial charge in [0.25, 0.3) is 0 Å². The van der Waals surface area contributed by atoms with Crippen molar-refractivity contribution in [3.05, 3.63) is 239 Å². The van der Waals surface area contributed by atoms with E-state index in [4.69, 9.17) is 16.3 Å². The Morgan fingerprint density at radius 1 is 0.495 bits per heavy atom. The fourth-order valence-electron chi connectivity index (χ4n) is 13.5. The first-order valence-corrected chi connectivity index (χ1v) is 34.2. The molecule has 0 unspecified atom stereocenters. The second-order valence-corrected chi connectivity index (χ2v) is 32.8. The third-order valence-corrected chi connectivity index (χ3v) is 20.3. The van der Waals surface area contributed by atoms with Crippen LogP contribution in [0.2, 0.25) is 0 Å². The number of pyridine rings is 1. The number of hydrogen-bond donors (Lipinski definition) is 0. The fraction of sp³-hybridized carbons (Fsp3) is 0.299. The van der Waals surface area contributed by atoms with Crippen LogP contribution in [0.1, 0.15) is 182 Å². The van der Waals surface area contributed by atoms with Crippen molar-refractivity contribution in [1.82, 2.24) is 9.55 Å². The zero-order valence-electron chi connectivity index (χ0n) is 58.8. The second kappa shape index (κ2) is 24.4. The Labute approximate surface area is 583 Å². The van der Waals surface area contributed by atoms with Gasteiger partial charge in [-0.3, -0.25) is 0 Å². The van der Waals surface area contributed by atoms with Gasteiger partial charge in [-0.25, -0.2) is 9.83 Å². The Morgan fingerprint density at radius 3 is 1.57 bits per heavy atom. The van der Waals surface area contributed by atoms with Crippen LogP contribution in [0.4, 0.5) is 28.4 Å². The molecule has 0 saturated heterocycles. The van der Waals surface area contributed by atoms with E-state index in [9.17, 15) is 0 Å². The molecule has 6 nitrogen and oxygen atoms in total. The number of anilines is 4. The van der Waals surface area contributed by atoms with Crippen LogP contribution in [0.5, 0.6) is 11.5 Å². The minimum atomic E-state index is -0.121. The van der Waals surface area contributed by atoms with E-state index in [0.29, 0.717) is 17.2 Å². The van der Waals surface area contributed by atoms with Crippen LogP contribution in [0.25, 0.3) is 86.0 Å². The van der Waals surface area contributed by atoms with Gasteiger partial charge in [0.1, 0.15) is 5.82 Å². The summed E-state index contributed by atoms with van der Waals surface area (Å²) in [5, 5.41) is 4.34. The molecule has 0 spiro atoms. The van der Waals surface area contributed by atoms with Crippen molar-refractivity contribution in [3.8, 4) is 50.7 Å². The van der Waals surface area contributed by atoms with Crippen LogP contribution in [-0.4, -0.2) is 9.55 Å². The van der Waals surface area contributed by atoms with Crippen molar-refractivity contribution in [3.63, 3.8) is 0 Å². The van der Waals surface area contributed by atoms with Crippen molar-refractivity contribution in [2.24, 2.45) is 0 Å². The molecule has 0 atom stereocenters. The quantitative estimate of drug-likeness (QED) is 0.128. The van der Waals surface area contributed by atoms with Gasteiger partial charge < -0.3 is 19.1 Å². The predicted octanol–water partition coefficient (Wildman–Crippen LogP) is 25.6. The molecule has 3 aromatic heterocycles. The summed E-state index contributed by atoms with van der Waals surface area (Å²) in [6.07, 6.45) is 1.92. The molecule has 1 aliphatic rings. The molecule has 0 amide bonds. The first kappa shape index (κ1) is 66.7. The summed E-state index contributed by atoms with van der Waals surface area (Å²) in [4.78, 5) is 13.8. The van der Waals surface area contributed by atoms with Gasteiger partial charge in [-0.2, -0.15) is 6.07 Å². The van der Waals surface area contributed by atoms with E-state index in [-0.39, 0.29) is 60.0 Å². The van der Waals surface area contributed by atoms with Crippen LogP contribution in [0.15, 0.2) is 170 Å². The SMILES string of the molecule is [C-]#[N+]c1cccc2c1sc1c2ccc2c1c1ccc(Oc3[c-]c(N4[CH-]N(c5c(-c6cc(C(C)(C)C)cc(C(C)(C)C)c6)cccc5-c5cc(C(C)(C)C)cc(C(C)(C)C)c5)c5ccccc54)cc(-c4c(C(C)C)cccc4C(C)C)c3)[c-]c1n2-c1cc(C(C)(C)C)ccn1.[Pt]. The number of nitrogens with zero attached hydrogens (tertiary/aromatic N) is 5. The van der Waals surface area contributed by atoms with Gasteiger partial charge in [0.15, 0.2) is 0 Å². The first-order chi connectivity index (χ1) is 44.3. The minimum Gasteiger partial charge on any atom is -0.509 e. The molecule has 9 aromatic carbocycles. The number of fused-ring (bicyclic) bond motifs is 8. The second-order valence-electron chi connectivity index (χ2n) is 31.8. The van der Waals surface area contributed by atoms with E-state index in [2.05, 4.69) is 321 Å². The zero-order valence-corrected chi connectivity index (χ0v) is 61.9. The zero-order chi connectivity index (χ0) is 66.9. The summed E-state index contributed by atoms with van der Waals surface area (Å²) in [5.41, 5.74) is 21.9. The van der Waals surface area contributed by atoms with Crippen molar-refractivity contribution >= 4 is 81.8 Å². The molecule has 0 saturated carbocycles. The third kappa shape index (κ3) is 12.3. The van der Waals surface area contributed by atoms with Gasteiger partial charge >= 0.3 is 0 Å². The van der Waals surface area contributed by atoms with Crippen molar-refractivity contribution in [2.45, 2.75) is 170 Å². The van der Waals surface area contributed by atoms with E-state index in [1.807, 2.05) is 18.3 Å². The largest absolute Gasteiger partial charge is 0.509 e. The number of ether oxygens (including phenoxy) is 1. The molecular formula is C87H88N5OPtS-3. The molecular weight excluding hydrogens is 1360 g/mol. The maximum atomic E-state index is 8.11. The average Bonchev–Trinajstić information content (AvgIpc) is 1.58. The van der Waals surface area contributed by atoms with Crippen molar-refractivity contribution < 1.29 is 25.8 Å². The topological polar surface area (TPSA) is 37.9 Å². The molecule has 0 fully saturated rings. The maximum absolute atomic E-state index is 8.11. The van der Waals surface area contributed by atoms with Crippen LogP contribution in [-0.2, 0) is 48.1 Å². The fourth-order valence-corrected chi connectivity index (χ4v) is 14.9. The Bertz CT molecular complexity index is 4850. The number of benzene rings is 9. The number of rotatable bonds is 10. The van der Waals surface area contributed by atoms with Crippen LogP contribution >= 0.6 is 11.3 Å². The van der Waals surface area contributed by atoms with Gasteiger partial charge in [-0.1, -0.05) is 246 Å². The molecule has 1 aliphatic heterocycles. The minimum absolute atomic E-state index is 0. The third-order valence-electron chi connectivity index (χ3n) is 19.0. The number of aromatic nitrogens is 2. The molecule has 0 N–H and O–H groups in total. The molecule has 486 valence electrons. The smallest absolute Gasteiger partial charge is 0.204 e. The van der Waals surface area contributed by atoms with Crippen LogP contribution in [0, 0.1) is 25.4 Å². The summed E-state index contributed by atoms with van der Waals surface area (Å²) < 4.78 is 11.7. The molecule has 8 heteroatoms. The Morgan fingerprint density at radius 2 is 1.02 bits per heavy atom. The summed E-state index contributed by atoms with van der Waals surface area (Å²) in [6, 6.07) is 68.5. The van der Waals surface area contributed by atoms with Gasteiger partial charge in [-0.05, 0) is 141 Å². The first-order valence-electron chi connectivity index (χ1n) is 33.4. The Hall–Kier alpha value is -8.27. The van der Waals surface area contributed by atoms with Crippen LogP contribution < -0.4 is 14.5 Å². The number of thiophene rings is 1. The maximum Gasteiger partial charge on any atom is 0.204 e. The van der Waals surface area contributed by atoms with Crippen molar-refractivity contribution in [1.29, 1.82) is 0 Å². The summed E-state index contributed by atoms with van der Waals surface area (Å²) in [5.74, 6) is 2.40. The molecule has 12 aromatic rings.